The van der Waals surface area contributed by atoms with Crippen LogP contribution in [0.3, 0.4) is 0 Å². The first-order chi connectivity index (χ1) is 8.13. The summed E-state index contributed by atoms with van der Waals surface area (Å²) >= 11 is 0. The van der Waals surface area contributed by atoms with Crippen LogP contribution in [-0.4, -0.2) is 12.5 Å². The molecule has 0 fully saturated rings. The first-order valence-corrected chi connectivity index (χ1v) is 6.23. The number of hydrogen-bond donors (Lipinski definition) is 2. The second-order valence-electron chi connectivity index (χ2n) is 4.57. The highest BCUT2D eigenvalue weighted by Crippen LogP contribution is 2.18. The van der Waals surface area contributed by atoms with Crippen LogP contribution in [0.5, 0.6) is 0 Å². The summed E-state index contributed by atoms with van der Waals surface area (Å²) in [7, 11) is 0. The zero-order chi connectivity index (χ0) is 12.7. The van der Waals surface area contributed by atoms with Crippen LogP contribution in [-0.2, 0) is 4.79 Å². The molecule has 17 heavy (non-hydrogen) atoms. The minimum atomic E-state index is 0.0688. The molecule has 1 aromatic carbocycles. The van der Waals surface area contributed by atoms with Crippen LogP contribution in [0.15, 0.2) is 24.3 Å². The second-order valence-corrected chi connectivity index (χ2v) is 4.57. The molecule has 0 saturated heterocycles. The standard InChI is InChI=1S/C14H22N2O/c1-11(2)12-6-5-7-13(10-12)16-14(17)8-3-4-9-15/h5-7,10-11H,3-4,8-9,15H2,1-2H3,(H,16,17). The molecule has 0 aliphatic carbocycles. The van der Waals surface area contributed by atoms with Gasteiger partial charge < -0.3 is 11.1 Å². The van der Waals surface area contributed by atoms with Crippen molar-refractivity contribution in [1.29, 1.82) is 0 Å². The van der Waals surface area contributed by atoms with Crippen molar-refractivity contribution >= 4 is 11.6 Å². The highest BCUT2D eigenvalue weighted by molar-refractivity contribution is 5.90. The summed E-state index contributed by atoms with van der Waals surface area (Å²) in [6, 6.07) is 8.01. The molecule has 1 aromatic rings. The number of carbonyl (C=O) groups excluding carboxylic acids is 1. The third-order valence-corrected chi connectivity index (χ3v) is 2.70. The summed E-state index contributed by atoms with van der Waals surface area (Å²) in [4.78, 5) is 11.6. The summed E-state index contributed by atoms with van der Waals surface area (Å²) in [6.07, 6.45) is 2.30. The van der Waals surface area contributed by atoms with Crippen LogP contribution in [0.25, 0.3) is 0 Å². The Morgan fingerprint density at radius 3 is 2.76 bits per heavy atom. The van der Waals surface area contributed by atoms with Gasteiger partial charge >= 0.3 is 0 Å². The van der Waals surface area contributed by atoms with Gasteiger partial charge in [0.15, 0.2) is 0 Å². The zero-order valence-corrected chi connectivity index (χ0v) is 10.7. The van der Waals surface area contributed by atoms with E-state index in [9.17, 15) is 4.79 Å². The predicted octanol–water partition coefficient (Wildman–Crippen LogP) is 2.88. The van der Waals surface area contributed by atoms with E-state index in [1.54, 1.807) is 0 Å². The quantitative estimate of drug-likeness (QED) is 0.744. The Morgan fingerprint density at radius 2 is 2.12 bits per heavy atom. The van der Waals surface area contributed by atoms with Crippen molar-refractivity contribution in [3.8, 4) is 0 Å². The smallest absolute Gasteiger partial charge is 0.224 e. The van der Waals surface area contributed by atoms with Crippen molar-refractivity contribution in [2.24, 2.45) is 5.73 Å². The molecule has 0 aliphatic heterocycles. The molecular formula is C14H22N2O. The Bertz CT molecular complexity index is 361. The molecule has 0 aromatic heterocycles. The number of nitrogens with one attached hydrogen (secondary N) is 1. The fourth-order valence-corrected chi connectivity index (χ4v) is 1.63. The number of benzene rings is 1. The van der Waals surface area contributed by atoms with Crippen molar-refractivity contribution in [2.45, 2.75) is 39.0 Å². The summed E-state index contributed by atoms with van der Waals surface area (Å²) in [5, 5.41) is 2.92. The number of hydrogen-bond acceptors (Lipinski definition) is 2. The maximum absolute atomic E-state index is 11.6. The number of unbranched alkanes of at least 4 members (excludes halogenated alkanes) is 1. The van der Waals surface area contributed by atoms with Gasteiger partial charge in [-0.2, -0.15) is 0 Å². The molecule has 0 bridgehead atoms. The van der Waals surface area contributed by atoms with Gasteiger partial charge in [0.1, 0.15) is 0 Å². The minimum absolute atomic E-state index is 0.0688. The van der Waals surface area contributed by atoms with Gasteiger partial charge in [0.2, 0.25) is 5.91 Å². The Balaban J connectivity index is 2.50. The molecule has 94 valence electrons. The molecule has 0 unspecified atom stereocenters. The van der Waals surface area contributed by atoms with Gasteiger partial charge in [-0.25, -0.2) is 0 Å². The van der Waals surface area contributed by atoms with E-state index in [1.807, 2.05) is 18.2 Å². The van der Waals surface area contributed by atoms with Gasteiger partial charge in [-0.15, -0.1) is 0 Å². The number of rotatable bonds is 6. The lowest BCUT2D eigenvalue weighted by molar-refractivity contribution is -0.116. The summed E-state index contributed by atoms with van der Waals surface area (Å²) in [5.41, 5.74) is 7.51. The van der Waals surface area contributed by atoms with Crippen LogP contribution in [0.4, 0.5) is 5.69 Å². The van der Waals surface area contributed by atoms with Gasteiger partial charge in [0.05, 0.1) is 0 Å². The van der Waals surface area contributed by atoms with Gasteiger partial charge in [-0.1, -0.05) is 26.0 Å². The summed E-state index contributed by atoms with van der Waals surface area (Å²) < 4.78 is 0. The highest BCUT2D eigenvalue weighted by Gasteiger charge is 2.04. The van der Waals surface area contributed by atoms with Gasteiger partial charge in [-0.05, 0) is 43.0 Å². The van der Waals surface area contributed by atoms with E-state index < -0.39 is 0 Å². The molecule has 3 N–H and O–H groups in total. The molecule has 0 atom stereocenters. The van der Waals surface area contributed by atoms with Crippen LogP contribution in [0.1, 0.15) is 44.6 Å². The SMILES string of the molecule is CC(C)c1cccc(NC(=O)CCCCN)c1. The summed E-state index contributed by atoms with van der Waals surface area (Å²) in [5.74, 6) is 0.545. The fourth-order valence-electron chi connectivity index (χ4n) is 1.63. The first kappa shape index (κ1) is 13.7. The van der Waals surface area contributed by atoms with E-state index in [0.717, 1.165) is 18.5 Å². The molecule has 0 saturated carbocycles. The third-order valence-electron chi connectivity index (χ3n) is 2.70. The maximum Gasteiger partial charge on any atom is 0.224 e. The van der Waals surface area contributed by atoms with Crippen molar-refractivity contribution in [3.05, 3.63) is 29.8 Å². The normalized spacial score (nSPS) is 10.6. The van der Waals surface area contributed by atoms with Crippen molar-refractivity contribution in [1.82, 2.24) is 0 Å². The largest absolute Gasteiger partial charge is 0.330 e. The minimum Gasteiger partial charge on any atom is -0.330 e. The van der Waals surface area contributed by atoms with Gasteiger partial charge in [0, 0.05) is 12.1 Å². The fraction of sp³-hybridized carbons (Fsp3) is 0.500. The molecule has 0 heterocycles. The van der Waals surface area contributed by atoms with Gasteiger partial charge in [-0.3, -0.25) is 4.79 Å². The average molecular weight is 234 g/mol. The van der Waals surface area contributed by atoms with E-state index in [-0.39, 0.29) is 5.91 Å². The molecule has 3 nitrogen and oxygen atoms in total. The third kappa shape index (κ3) is 5.00. The topological polar surface area (TPSA) is 55.1 Å². The Morgan fingerprint density at radius 1 is 1.35 bits per heavy atom. The van der Waals surface area contributed by atoms with E-state index in [2.05, 4.69) is 25.2 Å². The number of anilines is 1. The molecule has 0 aliphatic rings. The van der Waals surface area contributed by atoms with Crippen LogP contribution < -0.4 is 11.1 Å². The van der Waals surface area contributed by atoms with E-state index in [4.69, 9.17) is 5.73 Å². The van der Waals surface area contributed by atoms with Crippen LogP contribution in [0, 0.1) is 0 Å². The molecule has 1 rings (SSSR count). The van der Waals surface area contributed by atoms with E-state index >= 15 is 0 Å². The lowest BCUT2D eigenvalue weighted by Gasteiger charge is -2.09. The monoisotopic (exact) mass is 234 g/mol. The molecule has 1 amide bonds. The molecule has 0 radical (unpaired) electrons. The lowest BCUT2D eigenvalue weighted by atomic mass is 10.0. The molecule has 0 spiro atoms. The van der Waals surface area contributed by atoms with Gasteiger partial charge in [0.25, 0.3) is 0 Å². The van der Waals surface area contributed by atoms with E-state index in [1.165, 1.54) is 5.56 Å². The first-order valence-electron chi connectivity index (χ1n) is 6.23. The maximum atomic E-state index is 11.6. The Kier molecular flexibility index (Phi) is 5.70. The zero-order valence-electron chi connectivity index (χ0n) is 10.7. The lowest BCUT2D eigenvalue weighted by Crippen LogP contribution is -2.12. The van der Waals surface area contributed by atoms with E-state index in [0.29, 0.717) is 18.9 Å². The Hall–Kier alpha value is -1.35. The van der Waals surface area contributed by atoms with Crippen molar-refractivity contribution < 1.29 is 4.79 Å². The summed E-state index contributed by atoms with van der Waals surface area (Å²) in [6.45, 7) is 4.93. The van der Waals surface area contributed by atoms with Crippen molar-refractivity contribution in [3.63, 3.8) is 0 Å². The van der Waals surface area contributed by atoms with Crippen LogP contribution in [0.2, 0.25) is 0 Å². The number of nitrogens with two attached hydrogens (primary N) is 1. The molecular weight excluding hydrogens is 212 g/mol. The van der Waals surface area contributed by atoms with Crippen LogP contribution >= 0.6 is 0 Å². The van der Waals surface area contributed by atoms with Crippen molar-refractivity contribution in [2.75, 3.05) is 11.9 Å². The molecule has 3 heteroatoms. The second kappa shape index (κ2) is 7.07. The number of amides is 1. The average Bonchev–Trinajstić information content (AvgIpc) is 2.29. The highest BCUT2D eigenvalue weighted by atomic mass is 16.1. The Labute approximate surface area is 103 Å². The number of carbonyl (C=O) groups is 1. The predicted molar refractivity (Wildman–Crippen MR) is 72.1 cm³/mol.